The van der Waals surface area contributed by atoms with Crippen LogP contribution >= 0.6 is 11.6 Å². The Morgan fingerprint density at radius 3 is 2.59 bits per heavy atom. The van der Waals surface area contributed by atoms with Crippen molar-refractivity contribution in [1.82, 2.24) is 34.2 Å². The number of benzene rings is 1. The molecule has 3 atom stereocenters. The number of likely N-dealkylation sites (N-methyl/N-ethyl adjacent to an activating group) is 1. The first kappa shape index (κ1) is 29.3. The number of hydrogen-bond acceptors (Lipinski definition) is 9. The standard InChI is InChI=1S/C31H39ClFN9O2/c1-4-24(33)27-25(36-30(34)38(27)3)13-21-23(32)12-22-26-28(21)44-17-20(16-40-10-8-39(5-2)9-11-40)42(26)31(43)37-29(22)41-14-18-6-7-19(15-41)35-18/h4,12-13,18-20,35H,1,5-11,14-17H2,2-3H3,(H2,34,36)/b25-13-,27-24-. The second kappa shape index (κ2) is 11.5. The predicted molar refractivity (Wildman–Crippen MR) is 171 cm³/mol. The molecular formula is C31H39ClFN9O2. The number of nitrogen functional groups attached to an aromatic ring is 1. The van der Waals surface area contributed by atoms with E-state index in [2.05, 4.69) is 38.5 Å². The Labute approximate surface area is 260 Å². The number of nitrogens with one attached hydrogen (secondary N) is 1. The van der Waals surface area contributed by atoms with Crippen molar-refractivity contribution in [3.05, 3.63) is 50.5 Å². The molecule has 7 rings (SSSR count). The van der Waals surface area contributed by atoms with Crippen LogP contribution in [0.4, 0.5) is 16.2 Å². The average molecular weight is 624 g/mol. The van der Waals surface area contributed by atoms with Crippen LogP contribution in [0.15, 0.2) is 23.5 Å². The van der Waals surface area contributed by atoms with E-state index in [9.17, 15) is 9.18 Å². The molecule has 3 N–H and O–H groups in total. The quantitative estimate of drug-likeness (QED) is 0.415. The van der Waals surface area contributed by atoms with Crippen molar-refractivity contribution in [2.45, 2.75) is 37.9 Å². The fourth-order valence-electron chi connectivity index (χ4n) is 7.30. The molecule has 11 nitrogen and oxygen atoms in total. The number of nitrogens with zero attached hydrogens (tertiary/aromatic N) is 7. The lowest BCUT2D eigenvalue weighted by Crippen LogP contribution is -2.52. The second-order valence-electron chi connectivity index (χ2n) is 12.3. The smallest absolute Gasteiger partial charge is 0.350 e. The lowest BCUT2D eigenvalue weighted by Gasteiger charge is -2.38. The van der Waals surface area contributed by atoms with Crippen LogP contribution in [0.25, 0.3) is 22.8 Å². The minimum atomic E-state index is -0.561. The van der Waals surface area contributed by atoms with Crippen LogP contribution in [0.3, 0.4) is 0 Å². The molecular weight excluding hydrogens is 585 g/mol. The maximum Gasteiger partial charge on any atom is 0.350 e. The molecule has 1 aromatic carbocycles. The number of hydrogen-bond donors (Lipinski definition) is 2. The van der Waals surface area contributed by atoms with Crippen LogP contribution in [0.5, 0.6) is 5.75 Å². The zero-order chi connectivity index (χ0) is 30.7. The van der Waals surface area contributed by atoms with Crippen molar-refractivity contribution in [3.63, 3.8) is 0 Å². The summed E-state index contributed by atoms with van der Waals surface area (Å²) in [4.78, 5) is 30.2. The normalized spacial score (nSPS) is 25.0. The number of allylic oxidation sites excluding steroid dienone is 1. The number of imidazole rings is 1. The molecule has 2 bridgehead atoms. The van der Waals surface area contributed by atoms with Gasteiger partial charge in [-0.1, -0.05) is 25.1 Å². The average Bonchev–Trinajstić information content (AvgIpc) is 3.51. The maximum atomic E-state index is 14.9. The van der Waals surface area contributed by atoms with Gasteiger partial charge in [0.15, 0.2) is 5.75 Å². The minimum Gasteiger partial charge on any atom is -0.488 e. The third-order valence-corrected chi connectivity index (χ3v) is 9.97. The lowest BCUT2D eigenvalue weighted by molar-refractivity contribution is 0.106. The summed E-state index contributed by atoms with van der Waals surface area (Å²) in [5.74, 6) is 0.681. The minimum absolute atomic E-state index is 0.148. The Kier molecular flexibility index (Phi) is 7.64. The molecule has 0 amide bonds. The number of anilines is 2. The predicted octanol–water partition coefficient (Wildman–Crippen LogP) is 0.970. The molecule has 0 spiro atoms. The fraction of sp³-hybridized carbons (Fsp3) is 0.516. The molecule has 13 heteroatoms. The first-order chi connectivity index (χ1) is 21.2. The number of nitrogens with two attached hydrogens (primary N) is 1. The Morgan fingerprint density at radius 1 is 1.20 bits per heavy atom. The highest BCUT2D eigenvalue weighted by atomic mass is 35.5. The van der Waals surface area contributed by atoms with E-state index in [1.807, 2.05) is 6.07 Å². The molecule has 3 aromatic rings. The van der Waals surface area contributed by atoms with Crippen molar-refractivity contribution in [3.8, 4) is 5.75 Å². The molecule has 0 aliphatic carbocycles. The highest BCUT2D eigenvalue weighted by molar-refractivity contribution is 6.33. The van der Waals surface area contributed by atoms with Gasteiger partial charge in [-0.3, -0.25) is 9.47 Å². The Balaban J connectivity index is 1.42. The van der Waals surface area contributed by atoms with E-state index in [0.29, 0.717) is 51.6 Å². The molecule has 3 saturated heterocycles. The number of ether oxygens (including phenoxy) is 1. The molecule has 0 radical (unpaired) electrons. The Morgan fingerprint density at radius 2 is 1.91 bits per heavy atom. The van der Waals surface area contributed by atoms with Crippen LogP contribution in [0.1, 0.15) is 31.4 Å². The molecule has 6 heterocycles. The summed E-state index contributed by atoms with van der Waals surface area (Å²) in [5.41, 5.74) is 6.94. The molecule has 4 aliphatic heterocycles. The van der Waals surface area contributed by atoms with Crippen molar-refractivity contribution < 1.29 is 9.13 Å². The van der Waals surface area contributed by atoms with Gasteiger partial charge < -0.3 is 30.2 Å². The molecule has 44 heavy (non-hydrogen) atoms. The number of halogens is 2. The van der Waals surface area contributed by atoms with Crippen LogP contribution in [0, 0.1) is 0 Å². The number of rotatable bonds is 6. The van der Waals surface area contributed by atoms with Crippen LogP contribution in [0.2, 0.25) is 5.02 Å². The zero-order valence-corrected chi connectivity index (χ0v) is 26.0. The van der Waals surface area contributed by atoms with Gasteiger partial charge in [0.2, 0.25) is 5.95 Å². The molecule has 3 fully saturated rings. The third kappa shape index (κ3) is 4.97. The lowest BCUT2D eigenvalue weighted by atomic mass is 10.0. The van der Waals surface area contributed by atoms with Crippen LogP contribution in [-0.2, 0) is 7.05 Å². The topological polar surface area (TPSA) is 110 Å². The van der Waals surface area contributed by atoms with Crippen molar-refractivity contribution >= 4 is 46.2 Å². The third-order valence-electron chi connectivity index (χ3n) is 9.66. The summed E-state index contributed by atoms with van der Waals surface area (Å²) in [6.45, 7) is 13.1. The van der Waals surface area contributed by atoms with Crippen LogP contribution < -0.4 is 37.1 Å². The Hall–Kier alpha value is -3.45. The van der Waals surface area contributed by atoms with Crippen molar-refractivity contribution in [2.75, 3.05) is 69.6 Å². The highest BCUT2D eigenvalue weighted by Crippen LogP contribution is 2.42. The van der Waals surface area contributed by atoms with E-state index < -0.39 is 5.83 Å². The van der Waals surface area contributed by atoms with Crippen molar-refractivity contribution in [1.29, 1.82) is 0 Å². The van der Waals surface area contributed by atoms with Gasteiger partial charge in [0, 0.05) is 75.9 Å². The maximum absolute atomic E-state index is 14.9. The summed E-state index contributed by atoms with van der Waals surface area (Å²) in [6.07, 6.45) is 5.00. The van der Waals surface area contributed by atoms with Gasteiger partial charge in [-0.15, -0.1) is 0 Å². The SMILES string of the molecule is C=C/C(F)=c1\c(=C\c2c(Cl)cc3c(N4CC5CCC(C4)N5)nc(=O)n4c3c2OCC4CN2CCN(CC)CC2)nc(N)n1C. The van der Waals surface area contributed by atoms with E-state index in [1.54, 1.807) is 17.7 Å². The highest BCUT2D eigenvalue weighted by Gasteiger charge is 2.36. The van der Waals surface area contributed by atoms with Crippen molar-refractivity contribution in [2.24, 2.45) is 7.05 Å². The summed E-state index contributed by atoms with van der Waals surface area (Å²) < 4.78 is 24.7. The molecule has 3 unspecified atom stereocenters. The van der Waals surface area contributed by atoms with E-state index in [-0.39, 0.29) is 29.6 Å². The van der Waals surface area contributed by atoms with Gasteiger partial charge in [-0.2, -0.15) is 4.98 Å². The number of aromatic nitrogens is 4. The number of piperazine rings is 2. The first-order valence-corrected chi connectivity index (χ1v) is 15.8. The van der Waals surface area contributed by atoms with E-state index >= 15 is 0 Å². The number of fused-ring (bicyclic) bond motifs is 2. The van der Waals surface area contributed by atoms with Crippen LogP contribution in [-0.4, -0.2) is 100.0 Å². The van der Waals surface area contributed by atoms with E-state index in [4.69, 9.17) is 27.1 Å². The summed E-state index contributed by atoms with van der Waals surface area (Å²) >= 11 is 7.01. The molecule has 0 saturated carbocycles. The van der Waals surface area contributed by atoms with Gasteiger partial charge >= 0.3 is 5.69 Å². The summed E-state index contributed by atoms with van der Waals surface area (Å²) in [7, 11) is 1.64. The first-order valence-electron chi connectivity index (χ1n) is 15.4. The largest absolute Gasteiger partial charge is 0.488 e. The van der Waals surface area contributed by atoms with Gasteiger partial charge in [-0.25, -0.2) is 14.2 Å². The monoisotopic (exact) mass is 623 g/mol. The fourth-order valence-corrected chi connectivity index (χ4v) is 7.55. The zero-order valence-electron chi connectivity index (χ0n) is 25.2. The van der Waals surface area contributed by atoms with Gasteiger partial charge in [0.1, 0.15) is 23.6 Å². The summed E-state index contributed by atoms with van der Waals surface area (Å²) in [6, 6.07) is 2.35. The van der Waals surface area contributed by atoms with Gasteiger partial charge in [0.25, 0.3) is 0 Å². The summed E-state index contributed by atoms with van der Waals surface area (Å²) in [5, 5.41) is 5.30. The van der Waals surface area contributed by atoms with E-state index in [1.165, 1.54) is 4.57 Å². The van der Waals surface area contributed by atoms with Gasteiger partial charge in [0.05, 0.1) is 21.9 Å². The second-order valence-corrected chi connectivity index (χ2v) is 12.7. The van der Waals surface area contributed by atoms with Gasteiger partial charge in [-0.05, 0) is 37.6 Å². The molecule has 4 aliphatic rings. The molecule has 2 aromatic heterocycles. The Bertz CT molecular complexity index is 1800. The van der Waals surface area contributed by atoms with E-state index in [0.717, 1.165) is 70.1 Å². The molecule has 234 valence electrons.